The van der Waals surface area contributed by atoms with Crippen LogP contribution in [0.15, 0.2) is 48.5 Å². The van der Waals surface area contributed by atoms with Crippen molar-refractivity contribution in [3.05, 3.63) is 59.9 Å². The number of para-hydroxylation sites is 1. The van der Waals surface area contributed by atoms with E-state index in [1.165, 1.54) is 12.1 Å². The third-order valence-electron chi connectivity index (χ3n) is 4.55. The van der Waals surface area contributed by atoms with Crippen molar-refractivity contribution in [2.24, 2.45) is 0 Å². The third kappa shape index (κ3) is 2.54. The highest BCUT2D eigenvalue weighted by Crippen LogP contribution is 2.23. The molecule has 1 fully saturated rings. The zero-order valence-electron chi connectivity index (χ0n) is 13.1. The summed E-state index contributed by atoms with van der Waals surface area (Å²) in [6.07, 6.45) is 1.80. The molecule has 1 aliphatic rings. The van der Waals surface area contributed by atoms with Gasteiger partial charge in [0.15, 0.2) is 0 Å². The van der Waals surface area contributed by atoms with Crippen LogP contribution in [0.1, 0.15) is 23.2 Å². The van der Waals surface area contributed by atoms with E-state index in [0.29, 0.717) is 13.1 Å². The number of hydrogen-bond acceptors (Lipinski definition) is 3. The lowest BCUT2D eigenvalue weighted by atomic mass is 10.1. The van der Waals surface area contributed by atoms with Gasteiger partial charge < -0.3 is 4.90 Å². The van der Waals surface area contributed by atoms with Crippen LogP contribution in [0.4, 0.5) is 4.39 Å². The smallest absolute Gasteiger partial charge is 0.257 e. The Balaban J connectivity index is 1.59. The van der Waals surface area contributed by atoms with Crippen molar-refractivity contribution < 1.29 is 9.18 Å². The Hall–Kier alpha value is -2.76. The van der Waals surface area contributed by atoms with Crippen LogP contribution in [0.5, 0.6) is 0 Å². The Bertz CT molecular complexity index is 891. The fraction of sp³-hybridized carbons (Fsp3) is 0.278. The largest absolute Gasteiger partial charge is 0.334 e. The number of carbonyl (C=O) groups excluding carboxylic acids is 1. The van der Waals surface area contributed by atoms with Gasteiger partial charge in [0.05, 0.1) is 23.7 Å². The Morgan fingerprint density at radius 3 is 2.83 bits per heavy atom. The molecule has 2 aromatic carbocycles. The Morgan fingerprint density at radius 1 is 1.17 bits per heavy atom. The second-order valence-corrected chi connectivity index (χ2v) is 6.03. The van der Waals surface area contributed by atoms with Crippen LogP contribution >= 0.6 is 0 Å². The van der Waals surface area contributed by atoms with Crippen LogP contribution in [0.3, 0.4) is 0 Å². The molecule has 5 nitrogen and oxygen atoms in total. The molecule has 6 heteroatoms. The summed E-state index contributed by atoms with van der Waals surface area (Å²) in [6, 6.07) is 13.9. The average molecular weight is 324 g/mol. The molecule has 0 N–H and O–H groups in total. The standard InChI is InChI=1S/C18H17FN4O/c19-15-8-2-1-7-14(15)18(24)22-11-5-6-13(22)12-23-17-10-4-3-9-16(17)20-21-23/h1-4,7-10,13H,5-6,11-12H2/t13-/m1/s1. The van der Waals surface area contributed by atoms with E-state index in [0.717, 1.165) is 23.9 Å². The van der Waals surface area contributed by atoms with Gasteiger partial charge in [-0.25, -0.2) is 9.07 Å². The predicted molar refractivity (Wildman–Crippen MR) is 88.0 cm³/mol. The van der Waals surface area contributed by atoms with Crippen molar-refractivity contribution in [3.63, 3.8) is 0 Å². The normalized spacial score (nSPS) is 17.5. The summed E-state index contributed by atoms with van der Waals surface area (Å²) in [5.41, 5.74) is 1.91. The lowest BCUT2D eigenvalue weighted by Crippen LogP contribution is -2.38. The van der Waals surface area contributed by atoms with Crippen LogP contribution in [-0.4, -0.2) is 38.4 Å². The van der Waals surface area contributed by atoms with Gasteiger partial charge in [0.2, 0.25) is 0 Å². The highest BCUT2D eigenvalue weighted by Gasteiger charge is 2.31. The number of carbonyl (C=O) groups is 1. The van der Waals surface area contributed by atoms with Crippen LogP contribution in [-0.2, 0) is 6.54 Å². The summed E-state index contributed by atoms with van der Waals surface area (Å²) in [5, 5.41) is 8.35. The first-order valence-corrected chi connectivity index (χ1v) is 8.08. The zero-order valence-corrected chi connectivity index (χ0v) is 13.1. The molecule has 1 atom stereocenters. The maximum absolute atomic E-state index is 13.9. The molecule has 24 heavy (non-hydrogen) atoms. The van der Waals surface area contributed by atoms with E-state index >= 15 is 0 Å². The summed E-state index contributed by atoms with van der Waals surface area (Å²) in [6.45, 7) is 1.21. The van der Waals surface area contributed by atoms with E-state index in [9.17, 15) is 9.18 Å². The van der Waals surface area contributed by atoms with Crippen LogP contribution in [0.2, 0.25) is 0 Å². The van der Waals surface area contributed by atoms with E-state index in [1.807, 2.05) is 28.9 Å². The van der Waals surface area contributed by atoms with Crippen molar-refractivity contribution in [3.8, 4) is 0 Å². The first-order valence-electron chi connectivity index (χ1n) is 8.08. The van der Waals surface area contributed by atoms with Gasteiger partial charge in [-0.2, -0.15) is 0 Å². The molecule has 0 aliphatic carbocycles. The van der Waals surface area contributed by atoms with E-state index in [4.69, 9.17) is 0 Å². The van der Waals surface area contributed by atoms with Crippen molar-refractivity contribution in [1.82, 2.24) is 19.9 Å². The van der Waals surface area contributed by atoms with Crippen molar-refractivity contribution in [2.45, 2.75) is 25.4 Å². The molecule has 122 valence electrons. The van der Waals surface area contributed by atoms with Crippen LogP contribution < -0.4 is 0 Å². The van der Waals surface area contributed by atoms with Crippen LogP contribution in [0, 0.1) is 5.82 Å². The molecule has 0 radical (unpaired) electrons. The van der Waals surface area contributed by atoms with E-state index in [1.54, 1.807) is 17.0 Å². The molecule has 1 aliphatic heterocycles. The summed E-state index contributed by atoms with van der Waals surface area (Å²) in [7, 11) is 0. The number of likely N-dealkylation sites (tertiary alicyclic amines) is 1. The number of nitrogens with zero attached hydrogens (tertiary/aromatic N) is 4. The van der Waals surface area contributed by atoms with Gasteiger partial charge in [0.25, 0.3) is 5.91 Å². The molecule has 2 heterocycles. The molecule has 0 saturated carbocycles. The second kappa shape index (κ2) is 6.03. The highest BCUT2D eigenvalue weighted by molar-refractivity contribution is 5.94. The number of halogens is 1. The average Bonchev–Trinajstić information content (AvgIpc) is 3.23. The first kappa shape index (κ1) is 14.8. The topological polar surface area (TPSA) is 51.0 Å². The Labute approximate surface area is 138 Å². The molecule has 0 spiro atoms. The molecule has 4 rings (SSSR count). The van der Waals surface area contributed by atoms with E-state index in [-0.39, 0.29) is 17.5 Å². The molecule has 0 bridgehead atoms. The number of hydrogen-bond donors (Lipinski definition) is 0. The van der Waals surface area contributed by atoms with Gasteiger partial charge >= 0.3 is 0 Å². The minimum atomic E-state index is -0.473. The first-order chi connectivity index (χ1) is 11.7. The third-order valence-corrected chi connectivity index (χ3v) is 4.55. The predicted octanol–water partition coefficient (Wildman–Crippen LogP) is 2.88. The number of rotatable bonds is 3. The van der Waals surface area contributed by atoms with Crippen molar-refractivity contribution in [1.29, 1.82) is 0 Å². The monoisotopic (exact) mass is 324 g/mol. The minimum absolute atomic E-state index is 0.00205. The molecule has 0 unspecified atom stereocenters. The Kier molecular flexibility index (Phi) is 3.72. The number of fused-ring (bicyclic) bond motifs is 1. The van der Waals surface area contributed by atoms with Gasteiger partial charge in [-0.15, -0.1) is 5.10 Å². The van der Waals surface area contributed by atoms with Gasteiger partial charge in [0, 0.05) is 6.54 Å². The quantitative estimate of drug-likeness (QED) is 0.744. The SMILES string of the molecule is O=C(c1ccccc1F)N1CCC[C@@H]1Cn1nnc2ccccc21. The molecule has 1 saturated heterocycles. The van der Waals surface area contributed by atoms with Gasteiger partial charge in [-0.3, -0.25) is 4.79 Å². The van der Waals surface area contributed by atoms with Gasteiger partial charge in [-0.05, 0) is 37.1 Å². The number of aromatic nitrogens is 3. The van der Waals surface area contributed by atoms with Crippen molar-refractivity contribution in [2.75, 3.05) is 6.54 Å². The van der Waals surface area contributed by atoms with Crippen molar-refractivity contribution >= 4 is 16.9 Å². The summed E-state index contributed by atoms with van der Waals surface area (Å²) < 4.78 is 15.8. The fourth-order valence-electron chi connectivity index (χ4n) is 3.33. The highest BCUT2D eigenvalue weighted by atomic mass is 19.1. The minimum Gasteiger partial charge on any atom is -0.334 e. The maximum atomic E-state index is 13.9. The summed E-state index contributed by atoms with van der Waals surface area (Å²) in [5.74, 6) is -0.723. The summed E-state index contributed by atoms with van der Waals surface area (Å²) >= 11 is 0. The number of benzene rings is 2. The van der Waals surface area contributed by atoms with E-state index < -0.39 is 5.82 Å². The lowest BCUT2D eigenvalue weighted by molar-refractivity contribution is 0.0717. The number of amides is 1. The Morgan fingerprint density at radius 2 is 1.96 bits per heavy atom. The molecule has 1 amide bonds. The second-order valence-electron chi connectivity index (χ2n) is 6.03. The summed E-state index contributed by atoms with van der Waals surface area (Å²) in [4.78, 5) is 14.5. The maximum Gasteiger partial charge on any atom is 0.257 e. The molecule has 3 aromatic rings. The van der Waals surface area contributed by atoms with Gasteiger partial charge in [0.1, 0.15) is 11.3 Å². The van der Waals surface area contributed by atoms with Crippen LogP contribution in [0.25, 0.3) is 11.0 Å². The lowest BCUT2D eigenvalue weighted by Gasteiger charge is -2.25. The van der Waals surface area contributed by atoms with Gasteiger partial charge in [-0.1, -0.05) is 29.5 Å². The fourth-order valence-corrected chi connectivity index (χ4v) is 3.33. The molecular weight excluding hydrogens is 307 g/mol. The molecular formula is C18H17FN4O. The zero-order chi connectivity index (χ0) is 16.5. The molecule has 1 aromatic heterocycles. The van der Waals surface area contributed by atoms with E-state index in [2.05, 4.69) is 10.3 Å².